The van der Waals surface area contributed by atoms with Gasteiger partial charge in [0, 0.05) is 11.6 Å². The smallest absolute Gasteiger partial charge is 0.0334 e. The van der Waals surface area contributed by atoms with Gasteiger partial charge in [-0.25, -0.2) is 0 Å². The fraction of sp³-hybridized carbons (Fsp3) is 1.00. The Balaban J connectivity index is 5.10. The molecule has 0 aliphatic heterocycles. The number of rotatable bonds is 10. The average molecular weight is 256 g/mol. The molecule has 0 amide bonds. The standard InChI is InChI=1S/C16H36N2/c1-8-13-14(6)15(17-10-3)16(7,9-2)18(11-4)12-5/h14-15,17H,8-13H2,1-7H3. The van der Waals surface area contributed by atoms with Crippen molar-refractivity contribution in [3.63, 3.8) is 0 Å². The molecule has 3 unspecified atom stereocenters. The molecule has 1 N–H and O–H groups in total. The SMILES string of the molecule is CCCC(C)C(NCC)C(C)(CC)N(CC)CC. The van der Waals surface area contributed by atoms with E-state index in [9.17, 15) is 0 Å². The highest BCUT2D eigenvalue weighted by atomic mass is 15.2. The molecule has 0 heterocycles. The van der Waals surface area contributed by atoms with E-state index in [1.807, 2.05) is 0 Å². The van der Waals surface area contributed by atoms with E-state index in [0.29, 0.717) is 6.04 Å². The van der Waals surface area contributed by atoms with Crippen molar-refractivity contribution in [2.24, 2.45) is 5.92 Å². The monoisotopic (exact) mass is 256 g/mol. The zero-order valence-electron chi connectivity index (χ0n) is 13.8. The summed E-state index contributed by atoms with van der Waals surface area (Å²) in [7, 11) is 0. The van der Waals surface area contributed by atoms with Gasteiger partial charge in [-0.05, 0) is 45.3 Å². The lowest BCUT2D eigenvalue weighted by Crippen LogP contribution is -2.61. The van der Waals surface area contributed by atoms with E-state index in [1.54, 1.807) is 0 Å². The van der Waals surface area contributed by atoms with Crippen LogP contribution in [-0.2, 0) is 0 Å². The largest absolute Gasteiger partial charge is 0.312 e. The van der Waals surface area contributed by atoms with E-state index in [-0.39, 0.29) is 5.54 Å². The lowest BCUT2D eigenvalue weighted by atomic mass is 9.78. The molecule has 0 saturated heterocycles. The molecule has 0 saturated carbocycles. The van der Waals surface area contributed by atoms with Gasteiger partial charge in [0.15, 0.2) is 0 Å². The summed E-state index contributed by atoms with van der Waals surface area (Å²) >= 11 is 0. The van der Waals surface area contributed by atoms with Crippen LogP contribution in [0, 0.1) is 5.92 Å². The van der Waals surface area contributed by atoms with Gasteiger partial charge in [0.25, 0.3) is 0 Å². The maximum Gasteiger partial charge on any atom is 0.0334 e. The van der Waals surface area contributed by atoms with Crippen LogP contribution in [0.1, 0.15) is 67.7 Å². The lowest BCUT2D eigenvalue weighted by molar-refractivity contribution is 0.0475. The Bertz CT molecular complexity index is 201. The first-order chi connectivity index (χ1) is 8.51. The zero-order chi connectivity index (χ0) is 14.2. The van der Waals surface area contributed by atoms with Gasteiger partial charge in [-0.2, -0.15) is 0 Å². The molecule has 0 aromatic heterocycles. The quantitative estimate of drug-likeness (QED) is 0.637. The molecule has 3 atom stereocenters. The fourth-order valence-corrected chi connectivity index (χ4v) is 3.46. The Morgan fingerprint density at radius 2 is 1.61 bits per heavy atom. The van der Waals surface area contributed by atoms with Crippen LogP contribution in [0.15, 0.2) is 0 Å². The summed E-state index contributed by atoms with van der Waals surface area (Å²) in [5, 5.41) is 3.77. The van der Waals surface area contributed by atoms with E-state index in [0.717, 1.165) is 25.6 Å². The minimum absolute atomic E-state index is 0.272. The van der Waals surface area contributed by atoms with E-state index in [4.69, 9.17) is 0 Å². The number of nitrogens with one attached hydrogen (secondary N) is 1. The van der Waals surface area contributed by atoms with Crippen LogP contribution in [0.3, 0.4) is 0 Å². The topological polar surface area (TPSA) is 15.3 Å². The van der Waals surface area contributed by atoms with Crippen molar-refractivity contribution >= 4 is 0 Å². The summed E-state index contributed by atoms with van der Waals surface area (Å²) in [5.41, 5.74) is 0.272. The van der Waals surface area contributed by atoms with Gasteiger partial charge >= 0.3 is 0 Å². The minimum atomic E-state index is 0.272. The summed E-state index contributed by atoms with van der Waals surface area (Å²) in [6.07, 6.45) is 3.80. The van der Waals surface area contributed by atoms with Crippen molar-refractivity contribution in [3.8, 4) is 0 Å². The van der Waals surface area contributed by atoms with Gasteiger partial charge in [-0.3, -0.25) is 4.90 Å². The molecule has 2 nitrogen and oxygen atoms in total. The van der Waals surface area contributed by atoms with Crippen LogP contribution < -0.4 is 5.32 Å². The molecule has 0 aliphatic rings. The van der Waals surface area contributed by atoms with E-state index >= 15 is 0 Å². The third-order valence-corrected chi connectivity index (χ3v) is 4.61. The highest BCUT2D eigenvalue weighted by Gasteiger charge is 2.38. The van der Waals surface area contributed by atoms with Crippen molar-refractivity contribution < 1.29 is 0 Å². The van der Waals surface area contributed by atoms with Crippen molar-refractivity contribution in [1.82, 2.24) is 10.2 Å². The number of nitrogens with zero attached hydrogens (tertiary/aromatic N) is 1. The van der Waals surface area contributed by atoms with Crippen molar-refractivity contribution in [2.75, 3.05) is 19.6 Å². The molecule has 18 heavy (non-hydrogen) atoms. The Kier molecular flexibility index (Phi) is 8.89. The maximum atomic E-state index is 3.77. The highest BCUT2D eigenvalue weighted by Crippen LogP contribution is 2.30. The van der Waals surface area contributed by atoms with E-state index in [1.165, 1.54) is 19.3 Å². The van der Waals surface area contributed by atoms with Crippen LogP contribution in [-0.4, -0.2) is 36.1 Å². The molecule has 0 aromatic rings. The second-order valence-electron chi connectivity index (χ2n) is 5.68. The molecule has 0 aliphatic carbocycles. The predicted octanol–water partition coefficient (Wildman–Crippen LogP) is 3.91. The molecule has 0 aromatic carbocycles. The molecule has 0 rings (SSSR count). The fourth-order valence-electron chi connectivity index (χ4n) is 3.46. The molecule has 0 bridgehead atoms. The molecule has 0 spiro atoms. The Morgan fingerprint density at radius 3 is 1.94 bits per heavy atom. The third-order valence-electron chi connectivity index (χ3n) is 4.61. The van der Waals surface area contributed by atoms with E-state index < -0.39 is 0 Å². The highest BCUT2D eigenvalue weighted by molar-refractivity contribution is 4.98. The maximum absolute atomic E-state index is 3.77. The molecule has 0 radical (unpaired) electrons. The summed E-state index contributed by atoms with van der Waals surface area (Å²) in [6, 6.07) is 0.590. The van der Waals surface area contributed by atoms with Crippen molar-refractivity contribution in [2.45, 2.75) is 79.3 Å². The minimum Gasteiger partial charge on any atom is -0.312 e. The van der Waals surface area contributed by atoms with Crippen LogP contribution in [0.25, 0.3) is 0 Å². The first-order valence-corrected chi connectivity index (χ1v) is 7.99. The van der Waals surface area contributed by atoms with Gasteiger partial charge in [-0.15, -0.1) is 0 Å². The van der Waals surface area contributed by atoms with E-state index in [2.05, 4.69) is 58.7 Å². The lowest BCUT2D eigenvalue weighted by Gasteiger charge is -2.48. The van der Waals surface area contributed by atoms with Gasteiger partial charge in [0.05, 0.1) is 0 Å². The molecule has 0 fully saturated rings. The molecule has 2 heteroatoms. The van der Waals surface area contributed by atoms with Crippen LogP contribution in [0.4, 0.5) is 0 Å². The Hall–Kier alpha value is -0.0800. The molecular weight excluding hydrogens is 220 g/mol. The van der Waals surface area contributed by atoms with Crippen LogP contribution in [0.2, 0.25) is 0 Å². The van der Waals surface area contributed by atoms with Crippen LogP contribution in [0.5, 0.6) is 0 Å². The predicted molar refractivity (Wildman–Crippen MR) is 83.2 cm³/mol. The second kappa shape index (κ2) is 8.92. The zero-order valence-corrected chi connectivity index (χ0v) is 13.8. The normalized spacial score (nSPS) is 18.7. The van der Waals surface area contributed by atoms with Gasteiger partial charge in [0.2, 0.25) is 0 Å². The molecule has 110 valence electrons. The summed E-state index contributed by atoms with van der Waals surface area (Å²) in [4.78, 5) is 2.63. The summed E-state index contributed by atoms with van der Waals surface area (Å²) in [6.45, 7) is 19.6. The Labute approximate surface area is 116 Å². The first-order valence-electron chi connectivity index (χ1n) is 7.99. The van der Waals surface area contributed by atoms with Crippen molar-refractivity contribution in [1.29, 1.82) is 0 Å². The summed E-state index contributed by atoms with van der Waals surface area (Å²) in [5.74, 6) is 0.737. The average Bonchev–Trinajstić information content (AvgIpc) is 2.37. The number of likely N-dealkylation sites (N-methyl/N-ethyl adjacent to an activating group) is 2. The second-order valence-corrected chi connectivity index (χ2v) is 5.68. The summed E-state index contributed by atoms with van der Waals surface area (Å²) < 4.78 is 0. The Morgan fingerprint density at radius 1 is 1.06 bits per heavy atom. The van der Waals surface area contributed by atoms with Crippen molar-refractivity contribution in [3.05, 3.63) is 0 Å². The number of hydrogen-bond donors (Lipinski definition) is 1. The van der Waals surface area contributed by atoms with Crippen LogP contribution >= 0.6 is 0 Å². The first kappa shape index (κ1) is 17.9. The number of hydrogen-bond acceptors (Lipinski definition) is 2. The third kappa shape index (κ3) is 4.24. The van der Waals surface area contributed by atoms with Gasteiger partial charge < -0.3 is 5.32 Å². The molecular formula is C16H36N2. The van der Waals surface area contributed by atoms with Gasteiger partial charge in [-0.1, -0.05) is 48.0 Å². The van der Waals surface area contributed by atoms with Gasteiger partial charge in [0.1, 0.15) is 0 Å².